The minimum Gasteiger partial charge on any atom is -0.358 e. The molecule has 1 N–H and O–H groups in total. The molecule has 134 valence electrons. The van der Waals surface area contributed by atoms with Gasteiger partial charge in [0.2, 0.25) is 5.82 Å². The fourth-order valence-electron chi connectivity index (χ4n) is 3.43. The number of nitrogens with zero attached hydrogens (tertiary/aromatic N) is 5. The predicted molar refractivity (Wildman–Crippen MR) is 106 cm³/mol. The fraction of sp³-hybridized carbons (Fsp3) is 0.190. The summed E-state index contributed by atoms with van der Waals surface area (Å²) in [4.78, 5) is 8.29. The molecule has 0 unspecified atom stereocenters. The van der Waals surface area contributed by atoms with Crippen molar-refractivity contribution in [1.29, 1.82) is 0 Å². The molecule has 6 nitrogen and oxygen atoms in total. The molecule has 6 heteroatoms. The first-order valence-corrected chi connectivity index (χ1v) is 8.79. The van der Waals surface area contributed by atoms with E-state index in [-0.39, 0.29) is 0 Å². The Morgan fingerprint density at radius 3 is 2.19 bits per heavy atom. The minimum absolute atomic E-state index is 0.510. The Bertz CT molecular complexity index is 1090. The van der Waals surface area contributed by atoms with Crippen LogP contribution in [0.2, 0.25) is 0 Å². The van der Waals surface area contributed by atoms with Gasteiger partial charge in [-0.1, -0.05) is 24.3 Å². The highest BCUT2D eigenvalue weighted by atomic mass is 15.3. The third-order valence-corrected chi connectivity index (χ3v) is 4.56. The molecule has 3 aromatic rings. The summed E-state index contributed by atoms with van der Waals surface area (Å²) in [6.07, 6.45) is 3.44. The minimum atomic E-state index is 0.510. The average molecular weight is 356 g/mol. The van der Waals surface area contributed by atoms with Gasteiger partial charge in [0.15, 0.2) is 6.33 Å². The molecule has 0 saturated heterocycles. The Morgan fingerprint density at radius 1 is 0.926 bits per heavy atom. The van der Waals surface area contributed by atoms with Crippen LogP contribution in [0, 0.1) is 13.8 Å². The average Bonchev–Trinajstić information content (AvgIpc) is 3.17. The Hall–Kier alpha value is -3.41. The number of aryl methyl sites for hydroxylation is 2. The zero-order valence-corrected chi connectivity index (χ0v) is 15.8. The lowest BCUT2D eigenvalue weighted by atomic mass is 9.95. The second-order valence-electron chi connectivity index (χ2n) is 6.76. The van der Waals surface area contributed by atoms with E-state index in [9.17, 15) is 0 Å². The molecule has 0 radical (unpaired) electrons. The summed E-state index contributed by atoms with van der Waals surface area (Å²) in [5.41, 5.74) is 9.68. The van der Waals surface area contributed by atoms with E-state index in [1.54, 1.807) is 0 Å². The van der Waals surface area contributed by atoms with E-state index in [2.05, 4.69) is 70.4 Å². The van der Waals surface area contributed by atoms with Crippen LogP contribution in [0.1, 0.15) is 36.4 Å². The molecule has 27 heavy (non-hydrogen) atoms. The number of aromatic amines is 1. The molecule has 0 amide bonds. The molecule has 0 saturated carbocycles. The molecule has 1 aromatic carbocycles. The van der Waals surface area contributed by atoms with E-state index >= 15 is 0 Å². The van der Waals surface area contributed by atoms with Crippen LogP contribution in [-0.2, 0) is 0 Å². The van der Waals surface area contributed by atoms with Crippen LogP contribution in [0.25, 0.3) is 17.0 Å². The zero-order chi connectivity index (χ0) is 19.0. The highest BCUT2D eigenvalue weighted by Gasteiger charge is 2.20. The molecule has 1 aliphatic rings. The first-order chi connectivity index (χ1) is 13.0. The Labute approximate surface area is 157 Å². The fourth-order valence-corrected chi connectivity index (χ4v) is 3.43. The quantitative estimate of drug-likeness (QED) is 0.767. The van der Waals surface area contributed by atoms with E-state index in [1.807, 2.05) is 19.1 Å². The molecule has 0 atom stereocenters. The standard InChI is InChI=1S/C21H20N6/c1-12-9-14(3)24-19(12)18(20-13(2)10-15(4)25-20)16-5-7-17(8-6-16)21-26-22-11-23-27-21/h5-11,24H,1-4H3/b20-18-. The number of rotatable bonds is 3. The molecule has 3 heterocycles. The molecular formula is C21H20N6. The van der Waals surface area contributed by atoms with Crippen LogP contribution >= 0.6 is 0 Å². The van der Waals surface area contributed by atoms with Gasteiger partial charge >= 0.3 is 0 Å². The number of benzene rings is 1. The third-order valence-electron chi connectivity index (χ3n) is 4.56. The van der Waals surface area contributed by atoms with Crippen LogP contribution in [0.3, 0.4) is 0 Å². The van der Waals surface area contributed by atoms with Gasteiger partial charge in [0, 0.05) is 22.5 Å². The Kier molecular flexibility index (Phi) is 4.24. The van der Waals surface area contributed by atoms with Crippen LogP contribution in [0.5, 0.6) is 0 Å². The van der Waals surface area contributed by atoms with Gasteiger partial charge in [-0.2, -0.15) is 0 Å². The molecule has 0 aliphatic carbocycles. The van der Waals surface area contributed by atoms with Crippen molar-refractivity contribution in [2.45, 2.75) is 27.7 Å². The number of nitrogens with one attached hydrogen (secondary N) is 1. The van der Waals surface area contributed by atoms with Gasteiger partial charge in [-0.05, 0) is 56.5 Å². The van der Waals surface area contributed by atoms with Gasteiger partial charge in [0.25, 0.3) is 0 Å². The van der Waals surface area contributed by atoms with E-state index in [0.29, 0.717) is 5.82 Å². The number of H-pyrrole nitrogens is 1. The SMILES string of the molecule is CC1=CC(C)=N/C1=C(/c1ccc(-c2nncnn2)cc1)c1[nH]c(C)cc1C. The van der Waals surface area contributed by atoms with Crippen LogP contribution in [-0.4, -0.2) is 31.1 Å². The lowest BCUT2D eigenvalue weighted by Crippen LogP contribution is -1.97. The van der Waals surface area contributed by atoms with Gasteiger partial charge in [0.1, 0.15) is 0 Å². The van der Waals surface area contributed by atoms with Crippen LogP contribution in [0.15, 0.2) is 59.0 Å². The lowest BCUT2D eigenvalue weighted by Gasteiger charge is -2.12. The first kappa shape index (κ1) is 17.0. The van der Waals surface area contributed by atoms with Gasteiger partial charge in [-0.15, -0.1) is 20.4 Å². The zero-order valence-electron chi connectivity index (χ0n) is 15.8. The highest BCUT2D eigenvalue weighted by molar-refractivity contribution is 6.01. The monoisotopic (exact) mass is 356 g/mol. The number of hydrogen-bond donors (Lipinski definition) is 1. The summed E-state index contributed by atoms with van der Waals surface area (Å²) in [7, 11) is 0. The molecule has 2 aromatic heterocycles. The van der Waals surface area contributed by atoms with E-state index < -0.39 is 0 Å². The largest absolute Gasteiger partial charge is 0.358 e. The third kappa shape index (κ3) is 3.21. The molecule has 0 spiro atoms. The van der Waals surface area contributed by atoms with E-state index in [0.717, 1.165) is 45.1 Å². The first-order valence-electron chi connectivity index (χ1n) is 8.79. The highest BCUT2D eigenvalue weighted by Crippen LogP contribution is 2.35. The topological polar surface area (TPSA) is 79.7 Å². The molecule has 0 bridgehead atoms. The summed E-state index contributed by atoms with van der Waals surface area (Å²) in [6, 6.07) is 10.3. The lowest BCUT2D eigenvalue weighted by molar-refractivity contribution is 0.864. The van der Waals surface area contributed by atoms with Crippen molar-refractivity contribution < 1.29 is 0 Å². The van der Waals surface area contributed by atoms with Gasteiger partial charge in [-0.25, -0.2) is 0 Å². The van der Waals surface area contributed by atoms with E-state index in [1.165, 1.54) is 11.9 Å². The summed E-state index contributed by atoms with van der Waals surface area (Å²) in [5.74, 6) is 0.510. The van der Waals surface area contributed by atoms with Gasteiger partial charge in [-0.3, -0.25) is 4.99 Å². The summed E-state index contributed by atoms with van der Waals surface area (Å²) in [5, 5.41) is 15.6. The van der Waals surface area contributed by atoms with Crippen molar-refractivity contribution in [2.75, 3.05) is 0 Å². The van der Waals surface area contributed by atoms with Crippen molar-refractivity contribution >= 4 is 11.3 Å². The number of hydrogen-bond acceptors (Lipinski definition) is 5. The second-order valence-corrected chi connectivity index (χ2v) is 6.76. The Balaban J connectivity index is 1.87. The van der Waals surface area contributed by atoms with Gasteiger partial charge < -0.3 is 4.98 Å². The molecule has 0 fully saturated rings. The van der Waals surface area contributed by atoms with Crippen molar-refractivity contribution in [3.63, 3.8) is 0 Å². The Morgan fingerprint density at radius 2 is 1.63 bits per heavy atom. The van der Waals surface area contributed by atoms with Crippen molar-refractivity contribution in [1.82, 2.24) is 25.4 Å². The van der Waals surface area contributed by atoms with Crippen LogP contribution in [0.4, 0.5) is 0 Å². The van der Waals surface area contributed by atoms with Crippen molar-refractivity contribution in [2.24, 2.45) is 4.99 Å². The smallest absolute Gasteiger partial charge is 0.203 e. The predicted octanol–water partition coefficient (Wildman–Crippen LogP) is 4.06. The number of allylic oxidation sites excluding steroid dienone is 2. The molecule has 4 rings (SSSR count). The maximum Gasteiger partial charge on any atom is 0.203 e. The maximum atomic E-state index is 4.79. The molecular weight excluding hydrogens is 336 g/mol. The maximum absolute atomic E-state index is 4.79. The molecule has 1 aliphatic heterocycles. The summed E-state index contributed by atoms with van der Waals surface area (Å²) in [6.45, 7) is 8.31. The number of aliphatic imine (C=N–C) groups is 1. The van der Waals surface area contributed by atoms with Gasteiger partial charge in [0.05, 0.1) is 11.4 Å². The number of aromatic nitrogens is 5. The van der Waals surface area contributed by atoms with Crippen molar-refractivity contribution in [3.05, 3.63) is 76.5 Å². The summed E-state index contributed by atoms with van der Waals surface area (Å²) < 4.78 is 0. The van der Waals surface area contributed by atoms with E-state index in [4.69, 9.17) is 4.99 Å². The van der Waals surface area contributed by atoms with Crippen LogP contribution < -0.4 is 0 Å². The second kappa shape index (κ2) is 6.72. The summed E-state index contributed by atoms with van der Waals surface area (Å²) >= 11 is 0. The van der Waals surface area contributed by atoms with Crippen molar-refractivity contribution in [3.8, 4) is 11.4 Å². The normalized spacial score (nSPS) is 15.6.